The van der Waals surface area contributed by atoms with Crippen LogP contribution in [0.4, 0.5) is 13.2 Å². The Morgan fingerprint density at radius 2 is 1.93 bits per heavy atom. The number of nitrogens with one attached hydrogen (secondary N) is 1. The molecule has 1 aliphatic carbocycles. The molecule has 0 saturated carbocycles. The molecule has 3 nitrogen and oxygen atoms in total. The molecule has 0 radical (unpaired) electrons. The monoisotopic (exact) mass is 391 g/mol. The number of benzene rings is 2. The number of alkyl halides is 3. The van der Waals surface area contributed by atoms with Crippen LogP contribution in [0.3, 0.4) is 0 Å². The first-order valence-electron chi connectivity index (χ1n) is 9.47. The summed E-state index contributed by atoms with van der Waals surface area (Å²) in [6.45, 7) is 4.80. The van der Waals surface area contributed by atoms with Crippen LogP contribution in [0.15, 0.2) is 42.5 Å². The molecule has 2 atom stereocenters. The molecule has 0 bridgehead atoms. The summed E-state index contributed by atoms with van der Waals surface area (Å²) in [6, 6.07) is 11.3. The van der Waals surface area contributed by atoms with Crippen LogP contribution in [-0.4, -0.2) is 18.8 Å². The van der Waals surface area contributed by atoms with Crippen molar-refractivity contribution in [3.05, 3.63) is 64.7 Å². The minimum absolute atomic E-state index is 0.150. The number of ether oxygens (including phenoxy) is 1. The van der Waals surface area contributed by atoms with Crippen LogP contribution >= 0.6 is 0 Å². The summed E-state index contributed by atoms with van der Waals surface area (Å²) < 4.78 is 40.5. The second-order valence-electron chi connectivity index (χ2n) is 7.52. The normalized spacial score (nSPS) is 17.5. The third-order valence-corrected chi connectivity index (χ3v) is 5.22. The molecule has 1 amide bonds. The van der Waals surface area contributed by atoms with Crippen molar-refractivity contribution in [1.29, 1.82) is 0 Å². The molecule has 0 aromatic heterocycles. The SMILES string of the molecule is CC1CCc2cccc(C(C)CNC(=O)c3ccc(OC(F)(F)F)cc3)c2C1. The van der Waals surface area contributed by atoms with Gasteiger partial charge in [-0.15, -0.1) is 13.2 Å². The summed E-state index contributed by atoms with van der Waals surface area (Å²) in [5.41, 5.74) is 4.36. The van der Waals surface area contributed by atoms with Crippen molar-refractivity contribution < 1.29 is 22.7 Å². The lowest BCUT2D eigenvalue weighted by Crippen LogP contribution is -2.28. The van der Waals surface area contributed by atoms with Gasteiger partial charge in [0.25, 0.3) is 5.91 Å². The first-order valence-corrected chi connectivity index (χ1v) is 9.47. The van der Waals surface area contributed by atoms with Gasteiger partial charge in [-0.3, -0.25) is 4.79 Å². The van der Waals surface area contributed by atoms with Gasteiger partial charge >= 0.3 is 6.36 Å². The maximum atomic E-state index is 12.3. The lowest BCUT2D eigenvalue weighted by atomic mass is 9.80. The predicted molar refractivity (Wildman–Crippen MR) is 102 cm³/mol. The quantitative estimate of drug-likeness (QED) is 0.757. The Hall–Kier alpha value is -2.50. The Bertz CT molecular complexity index is 831. The number of halogens is 3. The second kappa shape index (κ2) is 8.25. The summed E-state index contributed by atoms with van der Waals surface area (Å²) >= 11 is 0. The average molecular weight is 391 g/mol. The number of hydrogen-bond acceptors (Lipinski definition) is 2. The van der Waals surface area contributed by atoms with Gasteiger partial charge in [0.05, 0.1) is 0 Å². The van der Waals surface area contributed by atoms with E-state index in [1.54, 1.807) is 0 Å². The molecule has 0 heterocycles. The Morgan fingerprint density at radius 3 is 2.61 bits per heavy atom. The lowest BCUT2D eigenvalue weighted by Gasteiger charge is -2.26. The van der Waals surface area contributed by atoms with E-state index in [-0.39, 0.29) is 17.6 Å². The fourth-order valence-corrected chi connectivity index (χ4v) is 3.72. The topological polar surface area (TPSA) is 38.3 Å². The lowest BCUT2D eigenvalue weighted by molar-refractivity contribution is -0.274. The molecule has 150 valence electrons. The largest absolute Gasteiger partial charge is 0.573 e. The van der Waals surface area contributed by atoms with E-state index in [2.05, 4.69) is 42.1 Å². The highest BCUT2D eigenvalue weighted by atomic mass is 19.4. The molecule has 0 aliphatic heterocycles. The minimum atomic E-state index is -4.74. The van der Waals surface area contributed by atoms with Crippen molar-refractivity contribution in [3.63, 3.8) is 0 Å². The molecule has 2 aromatic rings. The van der Waals surface area contributed by atoms with Gasteiger partial charge in [0.2, 0.25) is 0 Å². The number of aryl methyl sites for hydroxylation is 1. The van der Waals surface area contributed by atoms with Gasteiger partial charge in [-0.25, -0.2) is 0 Å². The first kappa shape index (κ1) is 20.2. The summed E-state index contributed by atoms with van der Waals surface area (Å²) in [6.07, 6.45) is -1.39. The number of rotatable bonds is 5. The number of fused-ring (bicyclic) bond motifs is 1. The van der Waals surface area contributed by atoms with E-state index >= 15 is 0 Å². The Balaban J connectivity index is 1.62. The molecule has 2 unspecified atom stereocenters. The zero-order valence-corrected chi connectivity index (χ0v) is 16.0. The third-order valence-electron chi connectivity index (χ3n) is 5.22. The van der Waals surface area contributed by atoms with Gasteiger partial charge in [0.1, 0.15) is 5.75 Å². The van der Waals surface area contributed by atoms with Crippen molar-refractivity contribution in [1.82, 2.24) is 5.32 Å². The maximum absolute atomic E-state index is 12.3. The van der Waals surface area contributed by atoms with E-state index in [0.717, 1.165) is 25.0 Å². The van der Waals surface area contributed by atoms with Gasteiger partial charge in [-0.1, -0.05) is 32.0 Å². The Labute approximate surface area is 162 Å². The molecule has 1 aliphatic rings. The highest BCUT2D eigenvalue weighted by Gasteiger charge is 2.31. The van der Waals surface area contributed by atoms with Gasteiger partial charge < -0.3 is 10.1 Å². The first-order chi connectivity index (χ1) is 13.2. The molecule has 0 spiro atoms. The summed E-state index contributed by atoms with van der Waals surface area (Å²) in [5.74, 6) is 0.149. The molecule has 3 rings (SSSR count). The number of amides is 1. The number of hydrogen-bond donors (Lipinski definition) is 1. The molecule has 0 fully saturated rings. The van der Waals surface area contributed by atoms with Crippen molar-refractivity contribution in [3.8, 4) is 5.75 Å². The smallest absolute Gasteiger partial charge is 0.406 e. The van der Waals surface area contributed by atoms with E-state index in [9.17, 15) is 18.0 Å². The fourth-order valence-electron chi connectivity index (χ4n) is 3.72. The van der Waals surface area contributed by atoms with Crippen LogP contribution in [0, 0.1) is 5.92 Å². The van der Waals surface area contributed by atoms with E-state index in [0.29, 0.717) is 18.0 Å². The molecule has 1 N–H and O–H groups in total. The van der Waals surface area contributed by atoms with Crippen LogP contribution in [-0.2, 0) is 12.8 Å². The minimum Gasteiger partial charge on any atom is -0.406 e. The summed E-state index contributed by atoms with van der Waals surface area (Å²) in [5, 5.41) is 2.88. The zero-order chi connectivity index (χ0) is 20.3. The van der Waals surface area contributed by atoms with Crippen LogP contribution < -0.4 is 10.1 Å². The Morgan fingerprint density at radius 1 is 1.21 bits per heavy atom. The van der Waals surface area contributed by atoms with E-state index < -0.39 is 6.36 Å². The van der Waals surface area contributed by atoms with E-state index in [1.165, 1.54) is 35.2 Å². The molecule has 0 saturated heterocycles. The highest BCUT2D eigenvalue weighted by molar-refractivity contribution is 5.94. The average Bonchev–Trinajstić information content (AvgIpc) is 2.64. The molecule has 6 heteroatoms. The molecular weight excluding hydrogens is 367 g/mol. The standard InChI is InChI=1S/C22H24F3NO2/c1-14-6-7-16-4-3-5-19(20(16)12-14)15(2)13-26-21(27)17-8-10-18(11-9-17)28-22(23,24)25/h3-5,8-11,14-15H,6-7,12-13H2,1-2H3,(H,26,27). The van der Waals surface area contributed by atoms with Gasteiger partial charge in [0, 0.05) is 12.1 Å². The van der Waals surface area contributed by atoms with Gasteiger partial charge in [-0.2, -0.15) is 0 Å². The van der Waals surface area contributed by atoms with Crippen LogP contribution in [0.25, 0.3) is 0 Å². The van der Waals surface area contributed by atoms with Crippen LogP contribution in [0.2, 0.25) is 0 Å². The molecular formula is C22H24F3NO2. The van der Waals surface area contributed by atoms with Crippen molar-refractivity contribution in [2.75, 3.05) is 6.54 Å². The molecule has 28 heavy (non-hydrogen) atoms. The number of carbonyl (C=O) groups excluding carboxylic acids is 1. The van der Waals surface area contributed by atoms with Crippen molar-refractivity contribution >= 4 is 5.91 Å². The van der Waals surface area contributed by atoms with Crippen LogP contribution in [0.1, 0.15) is 53.2 Å². The highest BCUT2D eigenvalue weighted by Crippen LogP contribution is 2.31. The van der Waals surface area contributed by atoms with Gasteiger partial charge in [0.15, 0.2) is 0 Å². The predicted octanol–water partition coefficient (Wildman–Crippen LogP) is 5.24. The zero-order valence-electron chi connectivity index (χ0n) is 16.0. The van der Waals surface area contributed by atoms with E-state index in [4.69, 9.17) is 0 Å². The molecule has 2 aromatic carbocycles. The summed E-state index contributed by atoms with van der Waals surface area (Å²) in [7, 11) is 0. The fraction of sp³-hybridized carbons (Fsp3) is 0.409. The Kier molecular flexibility index (Phi) is 5.96. The maximum Gasteiger partial charge on any atom is 0.573 e. The third kappa shape index (κ3) is 5.06. The van der Waals surface area contributed by atoms with Crippen molar-refractivity contribution in [2.24, 2.45) is 5.92 Å². The number of carbonyl (C=O) groups is 1. The van der Waals surface area contributed by atoms with Crippen molar-refractivity contribution in [2.45, 2.75) is 45.4 Å². The van der Waals surface area contributed by atoms with Gasteiger partial charge in [-0.05, 0) is 72.1 Å². The van der Waals surface area contributed by atoms with Crippen LogP contribution in [0.5, 0.6) is 5.75 Å². The second-order valence-corrected chi connectivity index (χ2v) is 7.52. The van der Waals surface area contributed by atoms with E-state index in [1.807, 2.05) is 0 Å². The summed E-state index contributed by atoms with van der Waals surface area (Å²) in [4.78, 5) is 12.3.